The highest BCUT2D eigenvalue weighted by atomic mass is 127. The van der Waals surface area contributed by atoms with Gasteiger partial charge in [0.2, 0.25) is 0 Å². The highest BCUT2D eigenvalue weighted by Crippen LogP contribution is 2.30. The molecule has 0 fully saturated rings. The van der Waals surface area contributed by atoms with E-state index in [1.165, 1.54) is 24.1 Å². The molecule has 0 saturated carbocycles. The average Bonchev–Trinajstić information content (AvgIpc) is 2.79. The Morgan fingerprint density at radius 1 is 1.26 bits per heavy atom. The molecule has 19 heavy (non-hydrogen) atoms. The summed E-state index contributed by atoms with van der Waals surface area (Å²) in [6.07, 6.45) is 1.20. The van der Waals surface area contributed by atoms with E-state index in [2.05, 4.69) is 30.6 Å². The van der Waals surface area contributed by atoms with E-state index < -0.39 is 0 Å². The summed E-state index contributed by atoms with van der Waals surface area (Å²) in [5, 5.41) is 3.11. The van der Waals surface area contributed by atoms with Crippen molar-refractivity contribution in [3.05, 3.63) is 56.7 Å². The third-order valence-corrected chi connectivity index (χ3v) is 5.17. The quantitative estimate of drug-likeness (QED) is 0.519. The Morgan fingerprint density at radius 2 is 2.05 bits per heavy atom. The van der Waals surface area contributed by atoms with Crippen molar-refractivity contribution in [1.29, 1.82) is 0 Å². The third kappa shape index (κ3) is 3.32. The Balaban J connectivity index is 0.00000133. The van der Waals surface area contributed by atoms with Crippen LogP contribution >= 0.6 is 22.9 Å². The molecule has 1 aliphatic heterocycles. The van der Waals surface area contributed by atoms with Gasteiger partial charge in [0, 0.05) is 27.4 Å². The van der Waals surface area contributed by atoms with Crippen molar-refractivity contribution in [2.24, 2.45) is 0 Å². The van der Waals surface area contributed by atoms with Gasteiger partial charge >= 0.3 is 0 Å². The van der Waals surface area contributed by atoms with Crippen LogP contribution < -0.4 is 24.0 Å². The van der Waals surface area contributed by atoms with Crippen LogP contribution in [0.2, 0.25) is 5.02 Å². The van der Waals surface area contributed by atoms with Crippen molar-refractivity contribution < 1.29 is 28.5 Å². The number of fused-ring (bicyclic) bond motifs is 1. The fourth-order valence-corrected chi connectivity index (χ4v) is 3.85. The zero-order chi connectivity index (χ0) is 12.6. The highest BCUT2D eigenvalue weighted by Gasteiger charge is 2.29. The topological polar surface area (TPSA) is 0 Å². The van der Waals surface area contributed by atoms with Gasteiger partial charge in [0.15, 0.2) is 0 Å². The largest absolute Gasteiger partial charge is 1.00 e. The number of nitrogens with zero attached hydrogens (tertiary/aromatic N) is 1. The normalized spacial score (nSPS) is 21.6. The molecule has 2 aromatic rings. The van der Waals surface area contributed by atoms with Crippen molar-refractivity contribution in [3.8, 4) is 0 Å². The molecule has 1 aliphatic rings. The van der Waals surface area contributed by atoms with Gasteiger partial charge in [-0.1, -0.05) is 29.8 Å². The van der Waals surface area contributed by atoms with Crippen molar-refractivity contribution in [2.45, 2.75) is 19.5 Å². The smallest absolute Gasteiger partial charge is 0.106 e. The Kier molecular flexibility index (Phi) is 4.93. The van der Waals surface area contributed by atoms with Crippen molar-refractivity contribution in [3.63, 3.8) is 0 Å². The summed E-state index contributed by atoms with van der Waals surface area (Å²) in [6.45, 7) is 3.36. The molecule has 2 heterocycles. The van der Waals surface area contributed by atoms with Gasteiger partial charge in [0.1, 0.15) is 13.1 Å². The first-order chi connectivity index (χ1) is 8.66. The SMILES string of the molecule is C[N+]1(Cc2ccccc2Cl)CCc2sccc2C1.[I-]. The van der Waals surface area contributed by atoms with Gasteiger partial charge in [-0.05, 0) is 17.5 Å². The molecule has 0 bridgehead atoms. The molecule has 1 nitrogen and oxygen atoms in total. The lowest BCUT2D eigenvalue weighted by molar-refractivity contribution is -0.937. The van der Waals surface area contributed by atoms with Gasteiger partial charge in [0.05, 0.1) is 13.6 Å². The first-order valence-corrected chi connectivity index (χ1v) is 7.54. The lowest BCUT2D eigenvalue weighted by atomic mass is 10.1. The Hall–Kier alpha value is -0.100. The lowest BCUT2D eigenvalue weighted by Crippen LogP contribution is -3.00. The maximum Gasteiger partial charge on any atom is 0.106 e. The van der Waals surface area contributed by atoms with Crippen LogP contribution in [0.5, 0.6) is 0 Å². The molecule has 0 radical (unpaired) electrons. The fourth-order valence-electron chi connectivity index (χ4n) is 2.76. The molecular weight excluding hydrogens is 389 g/mol. The van der Waals surface area contributed by atoms with Crippen LogP contribution in [0.4, 0.5) is 0 Å². The zero-order valence-corrected chi connectivity index (χ0v) is 14.6. The predicted octanol–water partition coefficient (Wildman–Crippen LogP) is 1.11. The van der Waals surface area contributed by atoms with Gasteiger partial charge in [-0.3, -0.25) is 0 Å². The molecule has 1 atom stereocenters. The summed E-state index contributed by atoms with van der Waals surface area (Å²) in [5.41, 5.74) is 2.79. The van der Waals surface area contributed by atoms with Gasteiger partial charge in [0.25, 0.3) is 0 Å². The van der Waals surface area contributed by atoms with Gasteiger partial charge in [-0.25, -0.2) is 0 Å². The standard InChI is InChI=1S/C15H17ClNS.HI/c1-17(10-12-4-2-3-5-14(12)16)8-6-15-13(11-17)7-9-18-15;/h2-5,7,9H,6,8,10-11H2,1H3;1H/q+1;/p-1. The second-order valence-electron chi connectivity index (χ2n) is 5.37. The molecule has 0 saturated heterocycles. The summed E-state index contributed by atoms with van der Waals surface area (Å²) < 4.78 is 1.06. The van der Waals surface area contributed by atoms with E-state index in [1.54, 1.807) is 4.88 Å². The summed E-state index contributed by atoms with van der Waals surface area (Å²) in [7, 11) is 2.34. The Labute approximate surface area is 140 Å². The number of hydrogen-bond donors (Lipinski definition) is 0. The molecule has 0 aliphatic carbocycles. The molecule has 0 amide bonds. The Bertz CT molecular complexity index is 569. The monoisotopic (exact) mass is 405 g/mol. The van der Waals surface area contributed by atoms with Crippen LogP contribution in [-0.4, -0.2) is 18.1 Å². The minimum atomic E-state index is 0. The summed E-state index contributed by atoms with van der Waals surface area (Å²) >= 11 is 8.18. The van der Waals surface area contributed by atoms with Gasteiger partial charge in [-0.2, -0.15) is 0 Å². The summed E-state index contributed by atoms with van der Waals surface area (Å²) in [4.78, 5) is 1.57. The number of halogens is 2. The van der Waals surface area contributed by atoms with Crippen molar-refractivity contribution in [1.82, 2.24) is 0 Å². The third-order valence-electron chi connectivity index (χ3n) is 3.78. The first kappa shape index (κ1) is 15.3. The van der Waals surface area contributed by atoms with Crippen molar-refractivity contribution >= 4 is 22.9 Å². The molecule has 102 valence electrons. The average molecular weight is 406 g/mol. The van der Waals surface area contributed by atoms with Crippen molar-refractivity contribution in [2.75, 3.05) is 13.6 Å². The van der Waals surface area contributed by atoms with Crippen LogP contribution in [0.15, 0.2) is 35.7 Å². The molecule has 0 N–H and O–H groups in total. The molecular formula is C15H17ClINS. The van der Waals surface area contributed by atoms with Crippen LogP contribution in [0.3, 0.4) is 0 Å². The summed E-state index contributed by atoms with van der Waals surface area (Å²) in [5.74, 6) is 0. The van der Waals surface area contributed by atoms with E-state index in [1.807, 2.05) is 23.5 Å². The lowest BCUT2D eigenvalue weighted by Gasteiger charge is -2.38. The van der Waals surface area contributed by atoms with Gasteiger partial charge in [-0.15, -0.1) is 11.3 Å². The first-order valence-electron chi connectivity index (χ1n) is 6.28. The zero-order valence-electron chi connectivity index (χ0n) is 10.9. The molecule has 1 unspecified atom stereocenters. The molecule has 1 aromatic heterocycles. The number of rotatable bonds is 2. The van der Waals surface area contributed by atoms with E-state index in [0.29, 0.717) is 0 Å². The van der Waals surface area contributed by atoms with Gasteiger partial charge < -0.3 is 28.5 Å². The highest BCUT2D eigenvalue weighted by molar-refractivity contribution is 7.10. The van der Waals surface area contributed by atoms with Crippen LogP contribution in [0.25, 0.3) is 0 Å². The maximum atomic E-state index is 6.28. The van der Waals surface area contributed by atoms with E-state index >= 15 is 0 Å². The molecule has 3 rings (SSSR count). The molecule has 4 heteroatoms. The maximum absolute atomic E-state index is 6.28. The van der Waals surface area contributed by atoms with Crippen LogP contribution in [-0.2, 0) is 19.5 Å². The minimum Gasteiger partial charge on any atom is -1.00 e. The number of quaternary nitrogens is 1. The minimum absolute atomic E-state index is 0. The Morgan fingerprint density at radius 3 is 2.84 bits per heavy atom. The fraction of sp³-hybridized carbons (Fsp3) is 0.333. The van der Waals surface area contributed by atoms with E-state index in [-0.39, 0.29) is 24.0 Å². The van der Waals surface area contributed by atoms with Crippen LogP contribution in [0, 0.1) is 0 Å². The van der Waals surface area contributed by atoms with E-state index in [0.717, 1.165) is 22.6 Å². The number of likely N-dealkylation sites (N-methyl/N-ethyl adjacent to an activating group) is 1. The van der Waals surface area contributed by atoms with E-state index in [4.69, 9.17) is 11.6 Å². The number of thiophene rings is 1. The number of benzene rings is 1. The summed E-state index contributed by atoms with van der Waals surface area (Å²) in [6, 6.07) is 10.5. The van der Waals surface area contributed by atoms with Crippen LogP contribution in [0.1, 0.15) is 16.0 Å². The second kappa shape index (κ2) is 6.12. The second-order valence-corrected chi connectivity index (χ2v) is 6.78. The number of hydrogen-bond acceptors (Lipinski definition) is 1. The van der Waals surface area contributed by atoms with E-state index in [9.17, 15) is 0 Å². The molecule has 1 aromatic carbocycles. The predicted molar refractivity (Wildman–Crippen MR) is 77.9 cm³/mol. The molecule has 0 spiro atoms.